The molecular weight excluding hydrogens is 360 g/mol. The number of fused-ring (bicyclic) bond motifs is 3. The molecule has 3 heteroatoms. The zero-order chi connectivity index (χ0) is 15.6. The van der Waals surface area contributed by atoms with Crippen LogP contribution in [0.1, 0.15) is 59.3 Å². The van der Waals surface area contributed by atoms with E-state index in [4.69, 9.17) is 0 Å². The first-order chi connectivity index (χ1) is 9.96. The molecule has 0 N–H and O–H groups in total. The first-order valence-electron chi connectivity index (χ1n) is 9.43. The van der Waals surface area contributed by atoms with E-state index in [1.54, 1.807) is 0 Å². The van der Waals surface area contributed by atoms with Crippen molar-refractivity contribution >= 4 is 26.0 Å². The van der Waals surface area contributed by atoms with E-state index >= 15 is 0 Å². The van der Waals surface area contributed by atoms with Gasteiger partial charge in [0.1, 0.15) is 0 Å². The molecule has 0 aromatic rings. The summed E-state index contributed by atoms with van der Waals surface area (Å²) in [7, 11) is 0. The molecule has 0 radical (unpaired) electrons. The summed E-state index contributed by atoms with van der Waals surface area (Å²) in [6, 6.07) is 0. The minimum absolute atomic E-state index is 0.448. The van der Waals surface area contributed by atoms with Crippen LogP contribution in [-0.4, -0.2) is 43.9 Å². The summed E-state index contributed by atoms with van der Waals surface area (Å²) in [5.74, 6) is 1.89. The molecule has 2 aliphatic rings. The molecule has 2 fully saturated rings. The second-order valence-corrected chi connectivity index (χ2v) is 15.8. The van der Waals surface area contributed by atoms with E-state index in [9.17, 15) is 0 Å². The molecule has 2 saturated heterocycles. The van der Waals surface area contributed by atoms with E-state index in [0.717, 1.165) is 11.7 Å². The van der Waals surface area contributed by atoms with E-state index in [-0.39, 0.29) is 0 Å². The summed E-state index contributed by atoms with van der Waals surface area (Å²) >= 11 is -1.27. The predicted molar refractivity (Wildman–Crippen MR) is 99.7 cm³/mol. The number of allylic oxidation sites excluding steroid dienone is 2. The van der Waals surface area contributed by atoms with Gasteiger partial charge in [-0.15, -0.1) is 0 Å². The summed E-state index contributed by atoms with van der Waals surface area (Å²) < 4.78 is 1.92. The Kier molecular flexibility index (Phi) is 6.33. The SMILES string of the molecule is CCN(CC)[B-]1(C)/C(=[C](/C)[Sn+]([CH3])[CH3])C2CCCC1CCC2. The molecule has 2 rings (SSSR count). The standard InChI is InChI=1S/C16H30BN.2CH3.Sn/c1-5-16-14-10-8-12-15(13-9-11-14)17(16,4)18(6-2)7-3;;;/h14-15H,6-13H2,1-4H3;2*1H3;/q-1;;;+1. The Morgan fingerprint density at radius 2 is 1.62 bits per heavy atom. The van der Waals surface area contributed by atoms with Crippen LogP contribution in [0.3, 0.4) is 0 Å². The molecule has 1 nitrogen and oxygen atoms in total. The Morgan fingerprint density at radius 3 is 2.05 bits per heavy atom. The van der Waals surface area contributed by atoms with Crippen LogP contribution in [0, 0.1) is 5.92 Å². The first-order valence-corrected chi connectivity index (χ1v) is 16.6. The second-order valence-electron chi connectivity index (χ2n) is 7.95. The predicted octanol–water partition coefficient (Wildman–Crippen LogP) is 5.41. The van der Waals surface area contributed by atoms with Crippen molar-refractivity contribution in [3.8, 4) is 0 Å². The molecule has 0 spiro atoms. The van der Waals surface area contributed by atoms with Crippen molar-refractivity contribution in [1.82, 2.24) is 4.81 Å². The Balaban J connectivity index is 2.61. The van der Waals surface area contributed by atoms with Crippen molar-refractivity contribution in [1.29, 1.82) is 0 Å². The zero-order valence-corrected chi connectivity index (χ0v) is 18.2. The van der Waals surface area contributed by atoms with Crippen molar-refractivity contribution < 1.29 is 0 Å². The summed E-state index contributed by atoms with van der Waals surface area (Å²) in [6.07, 6.45) is 8.47. The Hall–Kier alpha value is 0.564. The zero-order valence-electron chi connectivity index (χ0n) is 15.3. The Bertz CT molecular complexity index is 379. The average molecular weight is 396 g/mol. The number of hydrogen-bond donors (Lipinski definition) is 0. The number of nitrogens with zero attached hydrogens (tertiary/aromatic N) is 1. The molecule has 0 aromatic carbocycles. The summed E-state index contributed by atoms with van der Waals surface area (Å²) in [5.41, 5.74) is 2.00. The molecule has 21 heavy (non-hydrogen) atoms. The molecule has 0 aliphatic carbocycles. The van der Waals surface area contributed by atoms with Crippen molar-refractivity contribution in [2.24, 2.45) is 5.92 Å². The molecule has 120 valence electrons. The molecule has 2 heterocycles. The maximum atomic E-state index is 2.87. The molecule has 1 unspecified atom stereocenters. The quantitative estimate of drug-likeness (QED) is 0.575. The van der Waals surface area contributed by atoms with E-state index < -0.39 is 26.0 Å². The van der Waals surface area contributed by atoms with Crippen LogP contribution in [0.25, 0.3) is 0 Å². The van der Waals surface area contributed by atoms with Crippen LogP contribution in [0.15, 0.2) is 9.06 Å². The van der Waals surface area contributed by atoms with Gasteiger partial charge in [-0.25, -0.2) is 0 Å². The van der Waals surface area contributed by atoms with Crippen LogP contribution < -0.4 is 0 Å². The molecular formula is C18H36BNSn. The summed E-state index contributed by atoms with van der Waals surface area (Å²) in [6.45, 7) is 12.5. The van der Waals surface area contributed by atoms with Gasteiger partial charge in [0.25, 0.3) is 0 Å². The maximum absolute atomic E-state index is 2.87. The van der Waals surface area contributed by atoms with Gasteiger partial charge in [0.15, 0.2) is 0 Å². The van der Waals surface area contributed by atoms with Crippen LogP contribution in [-0.2, 0) is 0 Å². The average Bonchev–Trinajstić information content (AvgIpc) is 2.63. The van der Waals surface area contributed by atoms with E-state index in [0.29, 0.717) is 0 Å². The van der Waals surface area contributed by atoms with Crippen molar-refractivity contribution in [2.75, 3.05) is 13.1 Å². The van der Waals surface area contributed by atoms with Gasteiger partial charge >= 0.3 is 141 Å². The van der Waals surface area contributed by atoms with Crippen molar-refractivity contribution in [2.45, 2.75) is 81.8 Å². The van der Waals surface area contributed by atoms with Crippen molar-refractivity contribution in [3.63, 3.8) is 0 Å². The van der Waals surface area contributed by atoms with Gasteiger partial charge in [-0.3, -0.25) is 0 Å². The summed E-state index contributed by atoms with van der Waals surface area (Å²) in [5, 5.41) is 0. The number of rotatable bonds is 4. The Labute approximate surface area is 140 Å². The molecule has 2 bridgehead atoms. The van der Waals surface area contributed by atoms with Crippen LogP contribution in [0.4, 0.5) is 0 Å². The van der Waals surface area contributed by atoms with Gasteiger partial charge in [0.2, 0.25) is 0 Å². The van der Waals surface area contributed by atoms with Crippen molar-refractivity contribution in [3.05, 3.63) is 9.06 Å². The van der Waals surface area contributed by atoms with E-state index in [1.807, 2.05) is 9.06 Å². The number of hydrogen-bond acceptors (Lipinski definition) is 1. The van der Waals surface area contributed by atoms with E-state index in [2.05, 4.69) is 42.3 Å². The van der Waals surface area contributed by atoms with Crippen LogP contribution in [0.2, 0.25) is 22.5 Å². The minimum atomic E-state index is -1.27. The first kappa shape index (κ1) is 17.9. The van der Waals surface area contributed by atoms with Gasteiger partial charge in [-0.2, -0.15) is 0 Å². The topological polar surface area (TPSA) is 3.24 Å². The third-order valence-electron chi connectivity index (χ3n) is 7.00. The molecule has 1 atom stereocenters. The fourth-order valence-corrected chi connectivity index (χ4v) is 8.81. The van der Waals surface area contributed by atoms with Gasteiger partial charge in [0.05, 0.1) is 0 Å². The third kappa shape index (κ3) is 3.27. The van der Waals surface area contributed by atoms with Gasteiger partial charge in [-0.1, -0.05) is 0 Å². The summed E-state index contributed by atoms with van der Waals surface area (Å²) in [4.78, 5) is 8.07. The van der Waals surface area contributed by atoms with Gasteiger partial charge in [0, 0.05) is 0 Å². The molecule has 0 saturated carbocycles. The third-order valence-corrected chi connectivity index (χ3v) is 12.1. The van der Waals surface area contributed by atoms with Gasteiger partial charge < -0.3 is 0 Å². The van der Waals surface area contributed by atoms with E-state index in [1.165, 1.54) is 51.6 Å². The fourth-order valence-electron chi connectivity index (χ4n) is 5.74. The fraction of sp³-hybridized carbons (Fsp3) is 0.889. The molecule has 0 aromatic heterocycles. The molecule has 2 aliphatic heterocycles. The van der Waals surface area contributed by atoms with Crippen LogP contribution in [0.5, 0.6) is 0 Å². The monoisotopic (exact) mass is 397 g/mol. The second kappa shape index (κ2) is 7.42. The van der Waals surface area contributed by atoms with Crippen LogP contribution >= 0.6 is 0 Å². The normalized spacial score (nSPS) is 35.6. The van der Waals surface area contributed by atoms with Gasteiger partial charge in [-0.05, 0) is 0 Å². The Morgan fingerprint density at radius 1 is 1.10 bits per heavy atom. The molecule has 0 amide bonds.